The van der Waals surface area contributed by atoms with E-state index in [2.05, 4.69) is 16.0 Å². The van der Waals surface area contributed by atoms with Crippen molar-refractivity contribution in [2.24, 2.45) is 17.8 Å². The average molecular weight is 376 g/mol. The van der Waals surface area contributed by atoms with Gasteiger partial charge in [0.15, 0.2) is 0 Å². The van der Waals surface area contributed by atoms with Crippen LogP contribution < -0.4 is 0 Å². The number of nitrogens with zero attached hydrogens (tertiary/aromatic N) is 2. The summed E-state index contributed by atoms with van der Waals surface area (Å²) >= 11 is 0. The van der Waals surface area contributed by atoms with Crippen LogP contribution in [0.4, 0.5) is 4.39 Å². The highest BCUT2D eigenvalue weighted by Gasteiger charge is 2.36. The predicted octanol–water partition coefficient (Wildman–Crippen LogP) is 2.50. The van der Waals surface area contributed by atoms with Crippen molar-refractivity contribution in [2.75, 3.05) is 26.2 Å². The van der Waals surface area contributed by atoms with Gasteiger partial charge in [0.1, 0.15) is 11.6 Å². The van der Waals surface area contributed by atoms with Gasteiger partial charge in [-0.25, -0.2) is 4.39 Å². The van der Waals surface area contributed by atoms with E-state index in [4.69, 9.17) is 5.11 Å². The molecule has 0 aromatic carbocycles. The number of aromatic nitrogens is 1. The van der Waals surface area contributed by atoms with Gasteiger partial charge in [0, 0.05) is 31.6 Å². The number of aliphatic hydroxyl groups excluding tert-OH is 2. The van der Waals surface area contributed by atoms with Crippen molar-refractivity contribution in [2.45, 2.75) is 31.8 Å². The molecule has 6 heteroatoms. The number of halogens is 1. The Kier molecular flexibility index (Phi) is 6.99. The Bertz CT molecular complexity index is 650. The molecule has 2 aliphatic carbocycles. The zero-order valence-electron chi connectivity index (χ0n) is 15.5. The molecule has 5 nitrogen and oxygen atoms in total. The van der Waals surface area contributed by atoms with Gasteiger partial charge < -0.3 is 20.2 Å². The summed E-state index contributed by atoms with van der Waals surface area (Å²) in [4.78, 5) is 5.90. The van der Waals surface area contributed by atoms with E-state index in [9.17, 15) is 14.6 Å². The third kappa shape index (κ3) is 5.61. The molecule has 2 heterocycles. The zero-order chi connectivity index (χ0) is 19.2. The summed E-state index contributed by atoms with van der Waals surface area (Å²) in [5.74, 6) is 1.37. The molecule has 2 unspecified atom stereocenters. The number of aliphatic hydroxyl groups is 2. The lowest BCUT2D eigenvalue weighted by Crippen LogP contribution is -2.31. The molecule has 148 valence electrons. The number of hydrogen-bond acceptors (Lipinski definition) is 5. The molecule has 4 rings (SSSR count). The van der Waals surface area contributed by atoms with Gasteiger partial charge in [-0.2, -0.15) is 0 Å². The number of likely N-dealkylation sites (tertiary alicyclic amines) is 1. The second-order valence-electron chi connectivity index (χ2n) is 7.78. The summed E-state index contributed by atoms with van der Waals surface area (Å²) in [7, 11) is 0. The SMILES string of the molecule is OCC(CN1C[C@H]2CCC[C@H]2C1)C1=CCC(O)C=C1.Oc1cncc(F)c1. The van der Waals surface area contributed by atoms with Gasteiger partial charge in [-0.05, 0) is 36.7 Å². The summed E-state index contributed by atoms with van der Waals surface area (Å²) in [6.45, 7) is 3.62. The Hall–Kier alpha value is -1.76. The third-order valence-corrected chi connectivity index (χ3v) is 5.77. The van der Waals surface area contributed by atoms with Crippen molar-refractivity contribution in [1.29, 1.82) is 0 Å². The van der Waals surface area contributed by atoms with Crippen molar-refractivity contribution in [3.63, 3.8) is 0 Å². The van der Waals surface area contributed by atoms with Crippen LogP contribution in [0.25, 0.3) is 0 Å². The number of allylic oxidation sites excluding steroid dienone is 1. The Morgan fingerprint density at radius 3 is 2.48 bits per heavy atom. The molecule has 1 aromatic rings. The second kappa shape index (κ2) is 9.44. The normalized spacial score (nSPS) is 28.3. The third-order valence-electron chi connectivity index (χ3n) is 5.77. The zero-order valence-corrected chi connectivity index (χ0v) is 15.5. The predicted molar refractivity (Wildman–Crippen MR) is 102 cm³/mol. The maximum absolute atomic E-state index is 11.9. The summed E-state index contributed by atoms with van der Waals surface area (Å²) in [6, 6.07) is 0.993. The number of aromatic hydroxyl groups is 1. The standard InChI is InChI=1S/C16H25NO2.C5H4FNO/c18-11-15(12-4-6-16(19)7-5-12)10-17-8-13-2-1-3-14(13)9-17;6-4-1-5(8)3-7-2-4/h4-6,13-16,18-19H,1-3,7-11H2;1-3,8H/t13-,14+,15?,16?;. The van der Waals surface area contributed by atoms with E-state index in [1.54, 1.807) is 0 Å². The van der Waals surface area contributed by atoms with E-state index in [0.29, 0.717) is 6.42 Å². The van der Waals surface area contributed by atoms with Crippen molar-refractivity contribution in [1.82, 2.24) is 9.88 Å². The summed E-state index contributed by atoms with van der Waals surface area (Å²) < 4.78 is 11.9. The molecule has 2 fully saturated rings. The molecule has 27 heavy (non-hydrogen) atoms. The molecule has 4 atom stereocenters. The van der Waals surface area contributed by atoms with Crippen LogP contribution in [0.2, 0.25) is 0 Å². The maximum atomic E-state index is 11.9. The fourth-order valence-electron chi connectivity index (χ4n) is 4.39. The molecule has 3 N–H and O–H groups in total. The molecule has 0 bridgehead atoms. The lowest BCUT2D eigenvalue weighted by atomic mass is 9.93. The maximum Gasteiger partial charge on any atom is 0.145 e. The molecule has 1 saturated carbocycles. The van der Waals surface area contributed by atoms with Gasteiger partial charge in [-0.3, -0.25) is 4.98 Å². The van der Waals surface area contributed by atoms with Crippen LogP contribution in [0, 0.1) is 23.6 Å². The van der Waals surface area contributed by atoms with E-state index in [0.717, 1.165) is 30.6 Å². The number of hydrogen-bond donors (Lipinski definition) is 3. The summed E-state index contributed by atoms with van der Waals surface area (Å²) in [6.07, 6.45) is 12.7. The molecular formula is C21H29FN2O3. The monoisotopic (exact) mass is 376 g/mol. The molecule has 1 aromatic heterocycles. The van der Waals surface area contributed by atoms with Crippen LogP contribution in [-0.4, -0.2) is 57.5 Å². The van der Waals surface area contributed by atoms with Crippen molar-refractivity contribution < 1.29 is 19.7 Å². The van der Waals surface area contributed by atoms with Gasteiger partial charge in [0.05, 0.1) is 25.1 Å². The highest BCUT2D eigenvalue weighted by molar-refractivity contribution is 5.27. The van der Waals surface area contributed by atoms with E-state index in [1.165, 1.54) is 44.1 Å². The summed E-state index contributed by atoms with van der Waals surface area (Å²) in [5.41, 5.74) is 1.20. The highest BCUT2D eigenvalue weighted by Crippen LogP contribution is 2.38. The minimum Gasteiger partial charge on any atom is -0.506 e. The minimum atomic E-state index is -0.523. The highest BCUT2D eigenvalue weighted by atomic mass is 19.1. The van der Waals surface area contributed by atoms with Gasteiger partial charge >= 0.3 is 0 Å². The number of pyridine rings is 1. The first-order chi connectivity index (χ1) is 13.0. The van der Waals surface area contributed by atoms with E-state index < -0.39 is 5.82 Å². The van der Waals surface area contributed by atoms with Crippen molar-refractivity contribution in [3.05, 3.63) is 48.1 Å². The molecule has 3 aliphatic rings. The Morgan fingerprint density at radius 1 is 1.22 bits per heavy atom. The van der Waals surface area contributed by atoms with Gasteiger partial charge in [0.2, 0.25) is 0 Å². The Balaban J connectivity index is 0.000000221. The van der Waals surface area contributed by atoms with E-state index in [-0.39, 0.29) is 24.4 Å². The Morgan fingerprint density at radius 2 is 1.96 bits per heavy atom. The van der Waals surface area contributed by atoms with Crippen LogP contribution in [-0.2, 0) is 0 Å². The molecule has 0 amide bonds. The topological polar surface area (TPSA) is 76.8 Å². The quantitative estimate of drug-likeness (QED) is 0.753. The molecule has 1 saturated heterocycles. The van der Waals surface area contributed by atoms with Crippen molar-refractivity contribution >= 4 is 0 Å². The molecule has 0 spiro atoms. The average Bonchev–Trinajstić information content (AvgIpc) is 3.22. The smallest absolute Gasteiger partial charge is 0.145 e. The minimum absolute atomic E-state index is 0.148. The fourth-order valence-corrected chi connectivity index (χ4v) is 4.39. The first kappa shape index (κ1) is 20.0. The van der Waals surface area contributed by atoms with Gasteiger partial charge in [0.25, 0.3) is 0 Å². The fraction of sp³-hybridized carbons (Fsp3) is 0.571. The molecule has 0 radical (unpaired) electrons. The van der Waals surface area contributed by atoms with Crippen LogP contribution in [0.5, 0.6) is 5.75 Å². The first-order valence-corrected chi connectivity index (χ1v) is 9.74. The van der Waals surface area contributed by atoms with Crippen molar-refractivity contribution in [3.8, 4) is 5.75 Å². The number of fused-ring (bicyclic) bond motifs is 1. The Labute approximate surface area is 159 Å². The molecule has 1 aliphatic heterocycles. The lowest BCUT2D eigenvalue weighted by molar-refractivity contribution is 0.192. The van der Waals surface area contributed by atoms with Gasteiger partial charge in [-0.15, -0.1) is 0 Å². The lowest BCUT2D eigenvalue weighted by Gasteiger charge is -2.25. The first-order valence-electron chi connectivity index (χ1n) is 9.74. The number of rotatable bonds is 4. The van der Waals surface area contributed by atoms with Gasteiger partial charge in [-0.1, -0.05) is 24.6 Å². The van der Waals surface area contributed by atoms with Crippen LogP contribution in [0.3, 0.4) is 0 Å². The largest absolute Gasteiger partial charge is 0.506 e. The second-order valence-corrected chi connectivity index (χ2v) is 7.78. The van der Waals surface area contributed by atoms with Crippen LogP contribution in [0.15, 0.2) is 42.3 Å². The van der Waals surface area contributed by atoms with Crippen LogP contribution >= 0.6 is 0 Å². The summed E-state index contributed by atoms with van der Waals surface area (Å²) in [5, 5.41) is 27.6. The van der Waals surface area contributed by atoms with Crippen LogP contribution in [0.1, 0.15) is 25.7 Å². The van der Waals surface area contributed by atoms with E-state index >= 15 is 0 Å². The van der Waals surface area contributed by atoms with E-state index in [1.807, 2.05) is 12.2 Å². The molecular weight excluding hydrogens is 347 g/mol.